The van der Waals surface area contributed by atoms with Gasteiger partial charge in [-0.1, -0.05) is 13.8 Å². The van der Waals surface area contributed by atoms with Gasteiger partial charge in [0.25, 0.3) is 5.91 Å². The topological polar surface area (TPSA) is 87.3 Å². The Hall–Kier alpha value is -1.59. The van der Waals surface area contributed by atoms with Crippen molar-refractivity contribution in [3.8, 4) is 0 Å². The molecule has 0 saturated carbocycles. The summed E-state index contributed by atoms with van der Waals surface area (Å²) in [5, 5.41) is 7.10. The quantitative estimate of drug-likeness (QED) is 0.543. The van der Waals surface area contributed by atoms with Crippen molar-refractivity contribution in [2.24, 2.45) is 5.92 Å². The van der Waals surface area contributed by atoms with Crippen molar-refractivity contribution >= 4 is 17.8 Å². The van der Waals surface area contributed by atoms with Gasteiger partial charge in [-0.25, -0.2) is 4.79 Å². The Morgan fingerprint density at radius 2 is 2.13 bits per heavy atom. The molecule has 15 heavy (non-hydrogen) atoms. The minimum atomic E-state index is -0.732. The van der Waals surface area contributed by atoms with Crippen molar-refractivity contribution < 1.29 is 14.4 Å². The number of rotatable bonds is 4. The fraction of sp³-hybridized carbons (Fsp3) is 0.667. The van der Waals surface area contributed by atoms with E-state index in [4.69, 9.17) is 0 Å². The lowest BCUT2D eigenvalue weighted by atomic mass is 10.2. The lowest BCUT2D eigenvalue weighted by Gasteiger charge is -2.09. The fourth-order valence-electron chi connectivity index (χ4n) is 1.18. The van der Waals surface area contributed by atoms with Gasteiger partial charge in [0.15, 0.2) is 0 Å². The van der Waals surface area contributed by atoms with Gasteiger partial charge in [-0.2, -0.15) is 0 Å². The van der Waals surface area contributed by atoms with E-state index in [1.807, 2.05) is 13.8 Å². The molecule has 1 fully saturated rings. The van der Waals surface area contributed by atoms with Crippen LogP contribution in [0.2, 0.25) is 0 Å². The molecule has 1 aliphatic rings. The standard InChI is InChI=1S/C9H15N3O3/c1-5(2)4-10-7(13)3-6-8(14)12-9(15)11-6/h5-6H,3-4H2,1-2H3,(H,10,13)(H2,11,12,14,15). The Kier molecular flexibility index (Phi) is 3.65. The smallest absolute Gasteiger partial charge is 0.322 e. The molecule has 0 radical (unpaired) electrons. The van der Waals surface area contributed by atoms with Crippen molar-refractivity contribution in [3.05, 3.63) is 0 Å². The van der Waals surface area contributed by atoms with Crippen LogP contribution in [0.4, 0.5) is 4.79 Å². The van der Waals surface area contributed by atoms with Gasteiger partial charge in [-0.05, 0) is 5.92 Å². The number of carbonyl (C=O) groups excluding carboxylic acids is 3. The molecule has 3 N–H and O–H groups in total. The number of hydrogen-bond acceptors (Lipinski definition) is 3. The van der Waals surface area contributed by atoms with Crippen molar-refractivity contribution in [1.82, 2.24) is 16.0 Å². The van der Waals surface area contributed by atoms with Crippen LogP contribution in [0.25, 0.3) is 0 Å². The summed E-state index contributed by atoms with van der Waals surface area (Å²) in [7, 11) is 0. The van der Waals surface area contributed by atoms with Gasteiger partial charge in [0, 0.05) is 6.54 Å². The van der Waals surface area contributed by atoms with E-state index in [1.54, 1.807) is 0 Å². The zero-order chi connectivity index (χ0) is 11.4. The molecule has 84 valence electrons. The van der Waals surface area contributed by atoms with E-state index in [1.165, 1.54) is 0 Å². The molecule has 6 nitrogen and oxygen atoms in total. The molecule has 1 aliphatic heterocycles. The maximum atomic E-state index is 11.3. The minimum Gasteiger partial charge on any atom is -0.356 e. The average Bonchev–Trinajstić information content (AvgIpc) is 2.42. The summed E-state index contributed by atoms with van der Waals surface area (Å²) in [4.78, 5) is 33.1. The summed E-state index contributed by atoms with van der Waals surface area (Å²) < 4.78 is 0. The SMILES string of the molecule is CC(C)CNC(=O)CC1NC(=O)NC1=O. The van der Waals surface area contributed by atoms with Crippen LogP contribution in [-0.2, 0) is 9.59 Å². The molecule has 0 aromatic carbocycles. The maximum absolute atomic E-state index is 11.3. The molecule has 1 heterocycles. The van der Waals surface area contributed by atoms with Crippen molar-refractivity contribution in [2.45, 2.75) is 26.3 Å². The Labute approximate surface area is 87.8 Å². The fourth-order valence-corrected chi connectivity index (χ4v) is 1.18. The lowest BCUT2D eigenvalue weighted by Crippen LogP contribution is -2.37. The van der Waals surface area contributed by atoms with E-state index >= 15 is 0 Å². The van der Waals surface area contributed by atoms with Crippen LogP contribution in [0.3, 0.4) is 0 Å². The van der Waals surface area contributed by atoms with Gasteiger partial charge in [0.05, 0.1) is 6.42 Å². The second-order valence-corrected chi connectivity index (χ2v) is 3.92. The van der Waals surface area contributed by atoms with E-state index < -0.39 is 18.0 Å². The van der Waals surface area contributed by atoms with Gasteiger partial charge >= 0.3 is 6.03 Å². The highest BCUT2D eigenvalue weighted by Crippen LogP contribution is 1.99. The van der Waals surface area contributed by atoms with Crippen LogP contribution in [0.1, 0.15) is 20.3 Å². The van der Waals surface area contributed by atoms with Crippen LogP contribution in [0, 0.1) is 5.92 Å². The first-order valence-electron chi connectivity index (χ1n) is 4.87. The van der Waals surface area contributed by atoms with E-state index in [-0.39, 0.29) is 12.3 Å². The normalized spacial score (nSPS) is 20.1. The molecule has 6 heteroatoms. The first-order chi connectivity index (χ1) is 6.99. The van der Waals surface area contributed by atoms with Crippen molar-refractivity contribution in [2.75, 3.05) is 6.54 Å². The molecule has 0 aromatic heterocycles. The second kappa shape index (κ2) is 4.77. The largest absolute Gasteiger partial charge is 0.356 e. The number of hydrogen-bond donors (Lipinski definition) is 3. The second-order valence-electron chi connectivity index (χ2n) is 3.92. The third kappa shape index (κ3) is 3.57. The molecule has 1 rings (SSSR count). The van der Waals surface area contributed by atoms with Crippen LogP contribution in [0.5, 0.6) is 0 Å². The van der Waals surface area contributed by atoms with Crippen LogP contribution < -0.4 is 16.0 Å². The van der Waals surface area contributed by atoms with Crippen LogP contribution in [0.15, 0.2) is 0 Å². The molecule has 4 amide bonds. The Morgan fingerprint density at radius 3 is 2.60 bits per heavy atom. The summed E-state index contributed by atoms with van der Waals surface area (Å²) in [6.45, 7) is 4.52. The minimum absolute atomic E-state index is 0.00963. The van der Waals surface area contributed by atoms with E-state index in [9.17, 15) is 14.4 Å². The molecule has 0 aliphatic carbocycles. The lowest BCUT2D eigenvalue weighted by molar-refractivity contribution is -0.126. The van der Waals surface area contributed by atoms with Crippen LogP contribution in [-0.4, -0.2) is 30.4 Å². The van der Waals surface area contributed by atoms with Crippen molar-refractivity contribution in [1.29, 1.82) is 0 Å². The third-order valence-electron chi connectivity index (χ3n) is 1.96. The maximum Gasteiger partial charge on any atom is 0.322 e. The molecule has 1 unspecified atom stereocenters. The summed E-state index contributed by atoms with van der Waals surface area (Å²) in [6.07, 6.45) is -0.00963. The summed E-state index contributed by atoms with van der Waals surface area (Å²) in [6, 6.07) is -1.27. The zero-order valence-corrected chi connectivity index (χ0v) is 8.79. The predicted octanol–water partition coefficient (Wildman–Crippen LogP) is -0.643. The van der Waals surface area contributed by atoms with E-state index in [2.05, 4.69) is 16.0 Å². The predicted molar refractivity (Wildman–Crippen MR) is 52.9 cm³/mol. The first kappa shape index (κ1) is 11.5. The summed E-state index contributed by atoms with van der Waals surface area (Å²) in [5.41, 5.74) is 0. The average molecular weight is 213 g/mol. The third-order valence-corrected chi connectivity index (χ3v) is 1.96. The number of carbonyl (C=O) groups is 3. The number of urea groups is 1. The molecule has 1 saturated heterocycles. The Bertz CT molecular complexity index is 288. The van der Waals surface area contributed by atoms with E-state index in [0.29, 0.717) is 12.5 Å². The zero-order valence-electron chi connectivity index (χ0n) is 8.79. The van der Waals surface area contributed by atoms with Crippen molar-refractivity contribution in [3.63, 3.8) is 0 Å². The summed E-state index contributed by atoms with van der Waals surface area (Å²) >= 11 is 0. The first-order valence-corrected chi connectivity index (χ1v) is 4.87. The Morgan fingerprint density at radius 1 is 1.47 bits per heavy atom. The number of imide groups is 1. The van der Waals surface area contributed by atoms with E-state index in [0.717, 1.165) is 0 Å². The van der Waals surface area contributed by atoms with Crippen LogP contribution >= 0.6 is 0 Å². The Balaban J connectivity index is 2.32. The van der Waals surface area contributed by atoms with Gasteiger partial charge in [-0.3, -0.25) is 14.9 Å². The van der Waals surface area contributed by atoms with Gasteiger partial charge in [0.1, 0.15) is 6.04 Å². The van der Waals surface area contributed by atoms with Gasteiger partial charge in [0.2, 0.25) is 5.91 Å². The highest BCUT2D eigenvalue weighted by Gasteiger charge is 2.30. The molecular weight excluding hydrogens is 198 g/mol. The number of nitrogens with one attached hydrogen (secondary N) is 3. The number of amides is 4. The molecule has 1 atom stereocenters. The molecule has 0 aromatic rings. The monoisotopic (exact) mass is 213 g/mol. The molecule has 0 spiro atoms. The van der Waals surface area contributed by atoms with Gasteiger partial charge in [-0.15, -0.1) is 0 Å². The highest BCUT2D eigenvalue weighted by atomic mass is 16.2. The van der Waals surface area contributed by atoms with Gasteiger partial charge < -0.3 is 10.6 Å². The summed E-state index contributed by atoms with van der Waals surface area (Å²) in [5.74, 6) is -0.313. The molecule has 0 bridgehead atoms. The highest BCUT2D eigenvalue weighted by molar-refractivity contribution is 6.05. The molecular formula is C9H15N3O3.